The van der Waals surface area contributed by atoms with E-state index in [2.05, 4.69) is 58.0 Å². The molecule has 2 aromatic rings. The first-order valence-electron chi connectivity index (χ1n) is 15.8. The van der Waals surface area contributed by atoms with Gasteiger partial charge in [0.2, 0.25) is 0 Å². The Kier molecular flexibility index (Phi) is 12.7. The molecule has 13 heteroatoms. The number of H-pyrrole nitrogens is 1. The third-order valence-corrected chi connectivity index (χ3v) is 15.0. The Labute approximate surface area is 270 Å². The van der Waals surface area contributed by atoms with Crippen molar-refractivity contribution in [2.24, 2.45) is 0 Å². The van der Waals surface area contributed by atoms with E-state index in [1.807, 2.05) is 0 Å². The first-order valence-corrected chi connectivity index (χ1v) is 18.0. The fourth-order valence-corrected chi connectivity index (χ4v) is 11.6. The molecule has 1 aliphatic heterocycles. The van der Waals surface area contributed by atoms with Crippen LogP contribution in [0.15, 0.2) is 40.1 Å². The van der Waals surface area contributed by atoms with Gasteiger partial charge in [0.15, 0.2) is 0 Å². The number of ether oxygens (including phenoxy) is 3. The topological polar surface area (TPSA) is 160 Å². The van der Waals surface area contributed by atoms with E-state index in [0.29, 0.717) is 41.4 Å². The maximum Gasteiger partial charge on any atom is 0.330 e. The fraction of sp³-hybridized carbons (Fsp3) is 0.576. The van der Waals surface area contributed by atoms with Gasteiger partial charge in [-0.15, -0.1) is 11.5 Å². The Bertz CT molecular complexity index is 1550. The highest BCUT2D eigenvalue weighted by molar-refractivity contribution is 6.90. The van der Waals surface area contributed by atoms with E-state index in [9.17, 15) is 29.3 Å². The molecule has 12 nitrogen and oxygen atoms in total. The summed E-state index contributed by atoms with van der Waals surface area (Å²) in [6, 6.07) is 5.20. The number of nitro groups is 1. The number of nitrogens with zero attached hydrogens (tertiary/aromatic N) is 2. The Morgan fingerprint density at radius 3 is 2.20 bits per heavy atom. The zero-order valence-corrected chi connectivity index (χ0v) is 28.7. The van der Waals surface area contributed by atoms with Crippen LogP contribution >= 0.6 is 0 Å². The molecule has 0 aliphatic carbocycles. The quantitative estimate of drug-likeness (QED) is 0.0541. The number of carbonyl (C=O) groups excluding carboxylic acids is 2. The van der Waals surface area contributed by atoms with Crippen LogP contribution in [0.3, 0.4) is 0 Å². The molecule has 1 aromatic carbocycles. The van der Waals surface area contributed by atoms with E-state index in [4.69, 9.17) is 14.2 Å². The second-order valence-corrected chi connectivity index (χ2v) is 18.3. The van der Waals surface area contributed by atoms with Crippen LogP contribution in [0.1, 0.15) is 91.9 Å². The minimum absolute atomic E-state index is 0.0543. The summed E-state index contributed by atoms with van der Waals surface area (Å²) in [6.45, 7) is 15.0. The number of aromatic nitrogens is 2. The number of benzene rings is 1. The zero-order valence-electron chi connectivity index (χ0n) is 27.7. The van der Waals surface area contributed by atoms with Gasteiger partial charge in [0.25, 0.3) is 11.2 Å². The van der Waals surface area contributed by atoms with Crippen LogP contribution in [0.4, 0.5) is 5.69 Å². The molecule has 2 heterocycles. The SMILES string of the molecule is Cc1cn([C@H]2C[C@H](OC(=O)CCCCC(=O)Oc3ccc([N+](=O)[O-])cc3)[C@@H](CC#C[Si](C(C)C)(C(C)C)C(C)C)O2)c(=O)[nH]c1=O. The van der Waals surface area contributed by atoms with E-state index < -0.39 is 54.6 Å². The molecule has 1 N–H and O–H groups in total. The summed E-state index contributed by atoms with van der Waals surface area (Å²) in [6.07, 6.45) is 0.865. The van der Waals surface area contributed by atoms with Gasteiger partial charge >= 0.3 is 17.6 Å². The van der Waals surface area contributed by atoms with Crippen LogP contribution in [-0.4, -0.2) is 46.7 Å². The maximum atomic E-state index is 12.9. The first kappa shape index (κ1) is 36.4. The predicted molar refractivity (Wildman–Crippen MR) is 175 cm³/mol. The molecule has 1 aromatic heterocycles. The van der Waals surface area contributed by atoms with Crippen molar-refractivity contribution in [3.63, 3.8) is 0 Å². The molecule has 0 spiro atoms. The molecule has 250 valence electrons. The summed E-state index contributed by atoms with van der Waals surface area (Å²) in [5, 5.41) is 10.8. The van der Waals surface area contributed by atoms with E-state index in [1.54, 1.807) is 6.92 Å². The smallest absolute Gasteiger partial charge is 0.330 e. The van der Waals surface area contributed by atoms with Crippen molar-refractivity contribution in [3.8, 4) is 17.2 Å². The molecule has 0 saturated carbocycles. The number of carbonyl (C=O) groups is 2. The Morgan fingerprint density at radius 1 is 1.04 bits per heavy atom. The summed E-state index contributed by atoms with van der Waals surface area (Å²) in [7, 11) is -2.00. The van der Waals surface area contributed by atoms with Crippen molar-refractivity contribution < 1.29 is 28.7 Å². The molecule has 0 bridgehead atoms. The lowest BCUT2D eigenvalue weighted by atomic mass is 10.1. The van der Waals surface area contributed by atoms with E-state index in [-0.39, 0.29) is 30.7 Å². The normalized spacial score (nSPS) is 18.0. The number of nitro benzene ring substituents is 1. The first-order chi connectivity index (χ1) is 21.6. The second kappa shape index (κ2) is 16.0. The average Bonchev–Trinajstić information content (AvgIpc) is 3.36. The lowest BCUT2D eigenvalue weighted by Gasteiger charge is -2.38. The summed E-state index contributed by atoms with van der Waals surface area (Å²) in [5.41, 5.74) is 4.17. The summed E-state index contributed by atoms with van der Waals surface area (Å²) < 4.78 is 18.6. The molecular formula is C33H45N3O9Si. The highest BCUT2D eigenvalue weighted by Crippen LogP contribution is 2.41. The zero-order chi connectivity index (χ0) is 34.2. The monoisotopic (exact) mass is 655 g/mol. The molecule has 1 saturated heterocycles. The van der Waals surface area contributed by atoms with Crippen LogP contribution in [0, 0.1) is 28.5 Å². The Balaban J connectivity index is 1.65. The number of rotatable bonds is 13. The molecule has 0 amide bonds. The van der Waals surface area contributed by atoms with Crippen LogP contribution < -0.4 is 16.0 Å². The number of aromatic amines is 1. The van der Waals surface area contributed by atoms with E-state index in [0.717, 1.165) is 0 Å². The lowest BCUT2D eigenvalue weighted by molar-refractivity contribution is -0.384. The Morgan fingerprint density at radius 2 is 1.63 bits per heavy atom. The maximum absolute atomic E-state index is 12.9. The van der Waals surface area contributed by atoms with Crippen molar-refractivity contribution >= 4 is 25.7 Å². The van der Waals surface area contributed by atoms with Crippen molar-refractivity contribution in [2.75, 3.05) is 0 Å². The van der Waals surface area contributed by atoms with Crippen molar-refractivity contribution in [1.82, 2.24) is 9.55 Å². The minimum Gasteiger partial charge on any atom is -0.459 e. The van der Waals surface area contributed by atoms with Gasteiger partial charge in [-0.3, -0.25) is 34.0 Å². The molecule has 0 radical (unpaired) electrons. The fourth-order valence-electron chi connectivity index (χ4n) is 6.30. The number of esters is 2. The van der Waals surface area contributed by atoms with Gasteiger partial charge in [0.1, 0.15) is 32.3 Å². The number of hydrogen-bond donors (Lipinski definition) is 1. The predicted octanol–water partition coefficient (Wildman–Crippen LogP) is 5.73. The Hall–Kier alpha value is -4.02. The third kappa shape index (κ3) is 9.04. The highest BCUT2D eigenvalue weighted by Gasteiger charge is 2.42. The number of hydrogen-bond acceptors (Lipinski definition) is 9. The number of aryl methyl sites for hydroxylation is 1. The standard InChI is InChI=1S/C33H45N3O9Si/c1-21(2)46(22(3)4,23(5)6)18-10-11-27-28(19-29(44-27)35-20-24(7)32(39)34-33(35)40)45-31(38)13-9-8-12-30(37)43-26-16-14-25(15-17-26)36(41)42/h14-17,20-23,27-29H,8-9,11-13,19H2,1-7H3,(H,34,39,40)/t27-,28+,29-/m1/s1. The number of unbranched alkanes of at least 4 members (excludes halogenated alkanes) is 1. The van der Waals surface area contributed by atoms with Gasteiger partial charge in [0.05, 0.1) is 4.92 Å². The third-order valence-electron chi connectivity index (χ3n) is 8.68. The number of non-ortho nitro benzene ring substituents is 1. The lowest BCUT2D eigenvalue weighted by Crippen LogP contribution is -2.43. The van der Waals surface area contributed by atoms with Crippen molar-refractivity contribution in [1.29, 1.82) is 0 Å². The molecule has 46 heavy (non-hydrogen) atoms. The van der Waals surface area contributed by atoms with Gasteiger partial charge in [-0.25, -0.2) is 4.79 Å². The molecule has 3 rings (SSSR count). The van der Waals surface area contributed by atoms with Gasteiger partial charge in [-0.2, -0.15) is 0 Å². The molecule has 1 aliphatic rings. The summed E-state index contributed by atoms with van der Waals surface area (Å²) in [5.74, 6) is 2.60. The summed E-state index contributed by atoms with van der Waals surface area (Å²) >= 11 is 0. The largest absolute Gasteiger partial charge is 0.459 e. The van der Waals surface area contributed by atoms with Gasteiger partial charge in [-0.1, -0.05) is 41.5 Å². The highest BCUT2D eigenvalue weighted by atomic mass is 28.3. The van der Waals surface area contributed by atoms with Crippen LogP contribution in [0.5, 0.6) is 5.75 Å². The van der Waals surface area contributed by atoms with Gasteiger partial charge in [-0.05, 0) is 48.5 Å². The second-order valence-electron chi connectivity index (χ2n) is 12.7. The average molecular weight is 656 g/mol. The van der Waals surface area contributed by atoms with Crippen molar-refractivity contribution in [2.45, 2.75) is 122 Å². The molecule has 0 unspecified atom stereocenters. The van der Waals surface area contributed by atoms with Crippen molar-refractivity contribution in [3.05, 3.63) is 67.0 Å². The molecular weight excluding hydrogens is 610 g/mol. The molecule has 1 fully saturated rings. The van der Waals surface area contributed by atoms with Gasteiger partial charge in [0, 0.05) is 49.6 Å². The van der Waals surface area contributed by atoms with Gasteiger partial charge < -0.3 is 14.2 Å². The van der Waals surface area contributed by atoms with Crippen LogP contribution in [0.25, 0.3) is 0 Å². The van der Waals surface area contributed by atoms with E-state index in [1.165, 1.54) is 35.0 Å². The van der Waals surface area contributed by atoms with Crippen LogP contribution in [-0.2, 0) is 19.1 Å². The number of nitrogens with one attached hydrogen (secondary N) is 1. The summed E-state index contributed by atoms with van der Waals surface area (Å²) in [4.78, 5) is 62.1. The van der Waals surface area contributed by atoms with E-state index >= 15 is 0 Å². The van der Waals surface area contributed by atoms with Crippen LogP contribution in [0.2, 0.25) is 16.6 Å². The molecule has 3 atom stereocenters. The minimum atomic E-state index is -2.00.